The van der Waals surface area contributed by atoms with Gasteiger partial charge in [-0.2, -0.15) is 5.26 Å². The smallest absolute Gasteiger partial charge is 0.221 e. The zero-order chi connectivity index (χ0) is 53.4. The summed E-state index contributed by atoms with van der Waals surface area (Å²) in [6, 6.07) is 89.6. The standard InChI is InChI=1S/C74H40N4S3/c1-76-65-64(45-24-9-4-10-25-45)71(77-66-51(47-27-12-11-26-46(47)43-20-5-2-6-21-43)31-19-32-52(66)53-36-39-56-48-28-13-16-33-60(48)79-72(56)68(53)77)63(44-22-7-3-8-23-44)59(42-75)67(65)78-69-54(37-40-57-49-29-14-17-34-61(49)80-73(57)69)55-38-41-58-50-30-15-18-35-62(50)81-74(58)70(55)78/h2-41H. The number of para-hydroxylation sites is 1. The van der Waals surface area contributed by atoms with Crippen molar-refractivity contribution in [2.24, 2.45) is 0 Å². The van der Waals surface area contributed by atoms with Gasteiger partial charge in [0.15, 0.2) is 0 Å². The summed E-state index contributed by atoms with van der Waals surface area (Å²) >= 11 is 5.36. The predicted molar refractivity (Wildman–Crippen MR) is 347 cm³/mol. The topological polar surface area (TPSA) is 38.0 Å². The van der Waals surface area contributed by atoms with E-state index in [2.05, 4.69) is 246 Å². The summed E-state index contributed by atoms with van der Waals surface area (Å²) in [6.45, 7) is 9.89. The maximum atomic E-state index is 12.7. The summed E-state index contributed by atoms with van der Waals surface area (Å²) in [5.41, 5.74) is 13.8. The quantitative estimate of drug-likeness (QED) is 0.153. The molecule has 7 heteroatoms. The van der Waals surface area contributed by atoms with E-state index in [1.54, 1.807) is 34.0 Å². The molecule has 5 heterocycles. The van der Waals surface area contributed by atoms with Gasteiger partial charge in [0.05, 0.1) is 59.7 Å². The first-order valence-electron chi connectivity index (χ1n) is 27.0. The Morgan fingerprint density at radius 1 is 0.321 bits per heavy atom. The normalized spacial score (nSPS) is 11.9. The summed E-state index contributed by atoms with van der Waals surface area (Å²) in [4.78, 5) is 4.84. The highest BCUT2D eigenvalue weighted by Gasteiger charge is 2.34. The van der Waals surface area contributed by atoms with E-state index < -0.39 is 0 Å². The van der Waals surface area contributed by atoms with Crippen molar-refractivity contribution in [3.8, 4) is 62.0 Å². The minimum atomic E-state index is 0.406. The largest absolute Gasteiger partial charge is 0.315 e. The van der Waals surface area contributed by atoms with Crippen LogP contribution in [0.25, 0.3) is 165 Å². The molecule has 0 N–H and O–H groups in total. The Morgan fingerprint density at radius 2 is 0.691 bits per heavy atom. The van der Waals surface area contributed by atoms with Crippen LogP contribution in [0.4, 0.5) is 5.69 Å². The fourth-order valence-corrected chi connectivity index (χ4v) is 17.0. The third-order valence-corrected chi connectivity index (χ3v) is 20.2. The summed E-state index contributed by atoms with van der Waals surface area (Å²) < 4.78 is 11.8. The highest BCUT2D eigenvalue weighted by atomic mass is 32.1. The van der Waals surface area contributed by atoms with Crippen LogP contribution in [0.2, 0.25) is 0 Å². The van der Waals surface area contributed by atoms with Crippen LogP contribution in [0.5, 0.6) is 0 Å². The van der Waals surface area contributed by atoms with Crippen LogP contribution in [0.15, 0.2) is 243 Å². The molecule has 0 aliphatic heterocycles. The van der Waals surface area contributed by atoms with Crippen LogP contribution in [-0.4, -0.2) is 9.13 Å². The fraction of sp³-hybridized carbons (Fsp3) is 0. The minimum absolute atomic E-state index is 0.406. The van der Waals surface area contributed by atoms with Crippen molar-refractivity contribution in [3.05, 3.63) is 260 Å². The van der Waals surface area contributed by atoms with Gasteiger partial charge in [0.25, 0.3) is 0 Å². The molecule has 12 aromatic carbocycles. The summed E-state index contributed by atoms with van der Waals surface area (Å²) in [5.74, 6) is 0. The second-order valence-electron chi connectivity index (χ2n) is 20.7. The van der Waals surface area contributed by atoms with Gasteiger partial charge in [-0.1, -0.05) is 224 Å². The second kappa shape index (κ2) is 17.7. The first kappa shape index (κ1) is 45.9. The molecule has 0 bridgehead atoms. The lowest BCUT2D eigenvalue weighted by atomic mass is 9.88. The molecule has 17 rings (SSSR count). The van der Waals surface area contributed by atoms with Crippen LogP contribution < -0.4 is 0 Å². The van der Waals surface area contributed by atoms with Crippen molar-refractivity contribution in [3.63, 3.8) is 0 Å². The van der Waals surface area contributed by atoms with Gasteiger partial charge in [-0.05, 0) is 46.0 Å². The molecule has 0 amide bonds. The molecule has 0 aliphatic rings. The molecular weight excluding hydrogens is 1040 g/mol. The number of nitriles is 1. The van der Waals surface area contributed by atoms with E-state index >= 15 is 0 Å². The Balaban J connectivity index is 1.15. The minimum Gasteiger partial charge on any atom is -0.315 e. The van der Waals surface area contributed by atoms with Crippen LogP contribution in [-0.2, 0) is 0 Å². The van der Waals surface area contributed by atoms with Crippen molar-refractivity contribution < 1.29 is 0 Å². The molecular formula is C74H40N4S3. The van der Waals surface area contributed by atoms with E-state index in [9.17, 15) is 11.8 Å². The van der Waals surface area contributed by atoms with Crippen molar-refractivity contribution >= 4 is 144 Å². The average Bonchev–Trinajstić information content (AvgIpc) is 4.52. The highest BCUT2D eigenvalue weighted by molar-refractivity contribution is 7.27. The molecule has 0 saturated heterocycles. The van der Waals surface area contributed by atoms with Gasteiger partial charge >= 0.3 is 0 Å². The number of aromatic nitrogens is 2. The molecule has 4 nitrogen and oxygen atoms in total. The Labute approximate surface area is 476 Å². The zero-order valence-corrected chi connectivity index (χ0v) is 45.6. The van der Waals surface area contributed by atoms with Gasteiger partial charge < -0.3 is 9.13 Å². The molecule has 374 valence electrons. The van der Waals surface area contributed by atoms with Gasteiger partial charge in [-0.25, -0.2) is 4.85 Å². The van der Waals surface area contributed by atoms with E-state index in [-0.39, 0.29) is 0 Å². The molecule has 81 heavy (non-hydrogen) atoms. The number of benzene rings is 12. The predicted octanol–water partition coefficient (Wildman–Crippen LogP) is 22.1. The molecule has 0 spiro atoms. The maximum Gasteiger partial charge on any atom is 0.221 e. The van der Waals surface area contributed by atoms with Crippen LogP contribution in [0.1, 0.15) is 5.56 Å². The van der Waals surface area contributed by atoms with Crippen LogP contribution in [0.3, 0.4) is 0 Å². The molecule has 17 aromatic rings. The molecule has 0 unspecified atom stereocenters. The van der Waals surface area contributed by atoms with Gasteiger partial charge in [0, 0.05) is 84.7 Å². The Kier molecular flexibility index (Phi) is 10.0. The van der Waals surface area contributed by atoms with E-state index in [1.807, 2.05) is 12.1 Å². The fourth-order valence-electron chi connectivity index (χ4n) is 13.3. The first-order chi connectivity index (χ1) is 40.2. The lowest BCUT2D eigenvalue weighted by Crippen LogP contribution is -2.09. The third kappa shape index (κ3) is 6.48. The monoisotopic (exact) mass is 1080 g/mol. The van der Waals surface area contributed by atoms with E-state index in [0.29, 0.717) is 16.9 Å². The Hall–Kier alpha value is -10.1. The molecule has 0 aliphatic carbocycles. The number of hydrogen-bond donors (Lipinski definition) is 0. The average molecular weight is 1080 g/mol. The van der Waals surface area contributed by atoms with E-state index in [0.717, 1.165) is 124 Å². The lowest BCUT2D eigenvalue weighted by Gasteiger charge is -2.26. The Bertz CT molecular complexity index is 5400. The molecule has 0 saturated carbocycles. The van der Waals surface area contributed by atoms with Gasteiger partial charge in [-0.15, -0.1) is 34.0 Å². The van der Waals surface area contributed by atoms with E-state index in [1.165, 1.54) is 30.3 Å². The SMILES string of the molecule is [C-]#[N+]c1c(-c2ccccc2)c(-n2c3c(-c4ccccc4-c4ccccc4)cccc3c3ccc4c5ccccc5sc4c32)c(-c2ccccc2)c(C#N)c1-n1c2c(ccc3c4ccccc4sc32)c2ccc3c4ccccc4sc3c21. The number of nitrogens with zero attached hydrogens (tertiary/aromatic N) is 4. The van der Waals surface area contributed by atoms with Gasteiger partial charge in [-0.3, -0.25) is 0 Å². The number of rotatable bonds is 6. The van der Waals surface area contributed by atoms with E-state index in [4.69, 9.17) is 4.85 Å². The highest BCUT2D eigenvalue weighted by Crippen LogP contribution is 2.56. The van der Waals surface area contributed by atoms with Crippen molar-refractivity contribution in [1.82, 2.24) is 9.13 Å². The first-order valence-corrected chi connectivity index (χ1v) is 29.5. The molecule has 0 radical (unpaired) electrons. The Morgan fingerprint density at radius 3 is 1.17 bits per heavy atom. The van der Waals surface area contributed by atoms with Gasteiger partial charge in [0.1, 0.15) is 6.07 Å². The third-order valence-electron chi connectivity index (χ3n) is 16.6. The summed E-state index contributed by atoms with van der Waals surface area (Å²) in [5, 5.41) is 24.0. The van der Waals surface area contributed by atoms with Crippen molar-refractivity contribution in [1.29, 1.82) is 5.26 Å². The molecule has 0 atom stereocenters. The van der Waals surface area contributed by atoms with Crippen LogP contribution >= 0.6 is 34.0 Å². The second-order valence-corrected chi connectivity index (χ2v) is 23.9. The molecule has 5 aromatic heterocycles. The zero-order valence-electron chi connectivity index (χ0n) is 43.1. The summed E-state index contributed by atoms with van der Waals surface area (Å²) in [7, 11) is 0. The summed E-state index contributed by atoms with van der Waals surface area (Å²) in [6.07, 6.45) is 0. The van der Waals surface area contributed by atoms with Crippen LogP contribution in [0, 0.1) is 17.9 Å². The van der Waals surface area contributed by atoms with Crippen molar-refractivity contribution in [2.45, 2.75) is 0 Å². The number of fused-ring (bicyclic) bond motifs is 18. The van der Waals surface area contributed by atoms with Crippen molar-refractivity contribution in [2.75, 3.05) is 0 Å². The number of thiophene rings is 3. The molecule has 0 fully saturated rings. The van der Waals surface area contributed by atoms with Gasteiger partial charge in [0.2, 0.25) is 5.69 Å². The number of hydrogen-bond acceptors (Lipinski definition) is 4. The lowest BCUT2D eigenvalue weighted by molar-refractivity contribution is 1.15. The maximum absolute atomic E-state index is 12.7.